The largest absolute Gasteiger partial charge is 0.405 e. The molecule has 0 aliphatic heterocycles. The number of thiocarbonyl (C=S) groups is 2. The average Bonchev–Trinajstić information content (AvgIpc) is 2.72. The Bertz CT molecular complexity index is 421. The third-order valence-corrected chi connectivity index (χ3v) is 3.88. The van der Waals surface area contributed by atoms with E-state index in [0.717, 1.165) is 5.49 Å². The number of thioether (sulfide) groups is 2. The van der Waals surface area contributed by atoms with Crippen molar-refractivity contribution in [3.63, 3.8) is 0 Å². The van der Waals surface area contributed by atoms with Gasteiger partial charge in [-0.15, -0.1) is 0 Å². The van der Waals surface area contributed by atoms with Crippen LogP contribution in [0.3, 0.4) is 0 Å². The number of nitrogens with two attached hydrogens (primary N) is 2. The van der Waals surface area contributed by atoms with Gasteiger partial charge in [0.05, 0.1) is 16.6 Å². The Morgan fingerprint density at radius 1 is 0.583 bits per heavy atom. The van der Waals surface area contributed by atoms with Gasteiger partial charge in [-0.2, -0.15) is 23.5 Å². The zero-order valence-corrected chi connectivity index (χ0v) is 34.1. The van der Waals surface area contributed by atoms with Gasteiger partial charge in [-0.1, -0.05) is 68.3 Å². The van der Waals surface area contributed by atoms with Crippen molar-refractivity contribution < 1.29 is 98.1 Å². The third kappa shape index (κ3) is 212. The Labute approximate surface area is 333 Å². The molecule has 0 rings (SSSR count). The van der Waals surface area contributed by atoms with E-state index in [1.54, 1.807) is 41.8 Å². The Hall–Kier alpha value is 3.09. The van der Waals surface area contributed by atoms with Crippen molar-refractivity contribution in [2.45, 2.75) is 22.3 Å². The van der Waals surface area contributed by atoms with Gasteiger partial charge in [-0.3, -0.25) is 0 Å². The average molecular weight is 880 g/mol. The third-order valence-electron chi connectivity index (χ3n) is 0.858. The minimum absolute atomic E-state index is 0. The van der Waals surface area contributed by atoms with Crippen LogP contribution in [0.15, 0.2) is 35.2 Å². The van der Waals surface area contributed by atoms with Crippen molar-refractivity contribution in [1.29, 1.82) is 21.6 Å². The first kappa shape index (κ1) is 77.3. The van der Waals surface area contributed by atoms with Crippen LogP contribution in [0.25, 0.3) is 0 Å². The Morgan fingerprint density at radius 2 is 0.833 bits per heavy atom. The molecular formula is C19H44N6S8Y3. The van der Waals surface area contributed by atoms with Gasteiger partial charge in [0.1, 0.15) is 0 Å². The van der Waals surface area contributed by atoms with Crippen molar-refractivity contribution in [3.8, 4) is 0 Å². The fraction of sp³-hybridized carbons (Fsp3) is 0.368. The van der Waals surface area contributed by atoms with Crippen molar-refractivity contribution in [3.05, 3.63) is 35.2 Å². The van der Waals surface area contributed by atoms with Crippen molar-refractivity contribution in [2.24, 2.45) is 11.5 Å². The van der Waals surface area contributed by atoms with E-state index < -0.39 is 0 Å². The summed E-state index contributed by atoms with van der Waals surface area (Å²) >= 11 is 11.9. The first-order chi connectivity index (χ1) is 14.5. The zero-order valence-electron chi connectivity index (χ0n) is 19.1. The van der Waals surface area contributed by atoms with E-state index in [0.29, 0.717) is 0 Å². The summed E-state index contributed by atoms with van der Waals surface area (Å²) in [6.07, 6.45) is 16.9. The molecular weight excluding hydrogens is 836 g/mol. The number of nitrogens with one attached hydrogen (secondary N) is 4. The van der Waals surface area contributed by atoms with E-state index in [1.165, 1.54) is 78.3 Å². The molecule has 207 valence electrons. The molecule has 0 spiro atoms. The molecule has 3 radical (unpaired) electrons. The SMILES string of the molecule is C.C.C.CSC.CSC.N/C=C\C=S.N=C/C=C/SS/C=C/C=N.N=CSSC=N.NC=S.[Y].[Y].[Y]. The minimum atomic E-state index is 0. The summed E-state index contributed by atoms with van der Waals surface area (Å²) in [5.74, 6) is 0. The molecule has 0 amide bonds. The molecule has 17 heteroatoms. The summed E-state index contributed by atoms with van der Waals surface area (Å²) in [5, 5.41) is 31.2. The molecule has 0 aliphatic carbocycles. The van der Waals surface area contributed by atoms with Crippen LogP contribution in [0.2, 0.25) is 0 Å². The van der Waals surface area contributed by atoms with E-state index in [1.807, 2.05) is 35.8 Å². The van der Waals surface area contributed by atoms with E-state index in [9.17, 15) is 0 Å². The summed E-state index contributed by atoms with van der Waals surface area (Å²) in [5.41, 5.74) is 12.9. The molecule has 6 nitrogen and oxygen atoms in total. The second-order valence-corrected chi connectivity index (χ2v) is 9.36. The van der Waals surface area contributed by atoms with Crippen LogP contribution >= 0.6 is 91.1 Å². The maximum atomic E-state index is 6.63. The first-order valence-corrected chi connectivity index (χ1v) is 16.0. The molecule has 0 aromatic rings. The maximum absolute atomic E-state index is 6.63. The van der Waals surface area contributed by atoms with E-state index in [4.69, 9.17) is 27.4 Å². The van der Waals surface area contributed by atoms with Crippen LogP contribution in [0.4, 0.5) is 0 Å². The van der Waals surface area contributed by atoms with Gasteiger partial charge in [0.15, 0.2) is 0 Å². The van der Waals surface area contributed by atoms with Crippen LogP contribution in [-0.4, -0.2) is 59.4 Å². The van der Waals surface area contributed by atoms with E-state index in [2.05, 4.69) is 30.2 Å². The van der Waals surface area contributed by atoms with Gasteiger partial charge < -0.3 is 33.1 Å². The molecule has 0 unspecified atom stereocenters. The van der Waals surface area contributed by atoms with Gasteiger partial charge in [-0.25, -0.2) is 0 Å². The summed E-state index contributed by atoms with van der Waals surface area (Å²) in [6, 6.07) is 0. The number of hydrogen-bond acceptors (Lipinski definition) is 13. The molecule has 8 N–H and O–H groups in total. The van der Waals surface area contributed by atoms with Gasteiger partial charge >= 0.3 is 0 Å². The molecule has 0 atom stereocenters. The standard InChI is InChI=1S/C6H8N2S2.C3H5NS.C2H4N2S2.2C2H6S.CH3NS.3CH4.3Y/c7-3-1-5-9-10-6-2-4-8;4-2-1-3-5;3-1-5-6-2-4;2*1-3-2;2-1-3;;;;;;/h1-8H;1-3H,4H2;1-4H;2*1-2H3;1H,(H2,2,3);3*1H4;;;/b5-1+,6-2+,7-3?,8-4?;2-1-;;;;;;;;;;. The molecule has 0 bridgehead atoms. The molecule has 0 aliphatic rings. The number of allylic oxidation sites excluding steroid dienone is 3. The van der Waals surface area contributed by atoms with E-state index >= 15 is 0 Å². The van der Waals surface area contributed by atoms with Gasteiger partial charge in [0.2, 0.25) is 0 Å². The van der Waals surface area contributed by atoms with Gasteiger partial charge in [-0.05, 0) is 81.9 Å². The second-order valence-electron chi connectivity index (χ2n) is 3.08. The van der Waals surface area contributed by atoms with Gasteiger partial charge in [0, 0.05) is 116 Å². The minimum Gasteiger partial charge on any atom is -0.405 e. The van der Waals surface area contributed by atoms with Crippen molar-refractivity contribution >= 4 is 126 Å². The normalized spacial score (nSPS) is 6.78. The maximum Gasteiger partial charge on any atom is 0.0618 e. The zero-order chi connectivity index (χ0) is 24.7. The topological polar surface area (TPSA) is 147 Å². The smallest absolute Gasteiger partial charge is 0.0618 e. The summed E-state index contributed by atoms with van der Waals surface area (Å²) in [4.78, 5) is 0. The van der Waals surface area contributed by atoms with Crippen LogP contribution in [0.1, 0.15) is 22.3 Å². The fourth-order valence-electron chi connectivity index (χ4n) is 0.308. The van der Waals surface area contributed by atoms with Crippen LogP contribution < -0.4 is 11.5 Å². The van der Waals surface area contributed by atoms with Crippen LogP contribution in [0.5, 0.6) is 0 Å². The second kappa shape index (κ2) is 118. The summed E-state index contributed by atoms with van der Waals surface area (Å²) in [7, 11) is 5.47. The Morgan fingerprint density at radius 3 is 0.944 bits per heavy atom. The number of rotatable bonds is 9. The number of hydrogen-bond donors (Lipinski definition) is 6. The molecule has 0 aromatic heterocycles. The quantitative estimate of drug-likeness (QED) is 0.0333. The molecule has 36 heavy (non-hydrogen) atoms. The molecule has 0 fully saturated rings. The predicted octanol–water partition coefficient (Wildman–Crippen LogP) is 8.50. The predicted molar refractivity (Wildman–Crippen MR) is 188 cm³/mol. The van der Waals surface area contributed by atoms with Crippen LogP contribution in [-0.2, 0) is 98.1 Å². The fourth-order valence-corrected chi connectivity index (χ4v) is 2.03. The summed E-state index contributed by atoms with van der Waals surface area (Å²) < 4.78 is 0. The molecule has 0 aromatic carbocycles. The molecule has 0 heterocycles. The molecule has 0 saturated heterocycles. The van der Waals surface area contributed by atoms with Crippen molar-refractivity contribution in [2.75, 3.05) is 25.0 Å². The van der Waals surface area contributed by atoms with Gasteiger partial charge in [0.25, 0.3) is 0 Å². The Kier molecular flexibility index (Phi) is 253. The monoisotopic (exact) mass is 879 g/mol. The Balaban J connectivity index is -0.0000000198. The van der Waals surface area contributed by atoms with Crippen LogP contribution in [0, 0.1) is 21.6 Å². The molecule has 0 saturated carbocycles. The summed E-state index contributed by atoms with van der Waals surface area (Å²) in [6.45, 7) is 0. The van der Waals surface area contributed by atoms with E-state index in [-0.39, 0.29) is 120 Å². The van der Waals surface area contributed by atoms with Crippen molar-refractivity contribution in [1.82, 2.24) is 0 Å². The first-order valence-electron chi connectivity index (χ1n) is 7.20.